The molecule has 0 spiro atoms. The number of benzene rings is 3. The van der Waals surface area contributed by atoms with Gasteiger partial charge in [-0.15, -0.1) is 0 Å². The second-order valence-corrected chi connectivity index (χ2v) is 11.0. The molecule has 0 aromatic heterocycles. The van der Waals surface area contributed by atoms with Crippen LogP contribution in [0.2, 0.25) is 0 Å². The number of nitrogens with one attached hydrogen (secondary N) is 1. The van der Waals surface area contributed by atoms with Crippen molar-refractivity contribution < 1.29 is 9.90 Å². The van der Waals surface area contributed by atoms with E-state index in [1.165, 1.54) is 5.56 Å². The van der Waals surface area contributed by atoms with Gasteiger partial charge in [0.15, 0.2) is 0 Å². The van der Waals surface area contributed by atoms with Crippen LogP contribution in [0.4, 0.5) is 0 Å². The van der Waals surface area contributed by atoms with E-state index in [4.69, 9.17) is 5.26 Å². The number of hydrogen-bond acceptors (Lipinski definition) is 4. The molecule has 3 aromatic rings. The first kappa shape index (κ1) is 24.5. The van der Waals surface area contributed by atoms with Crippen LogP contribution in [0.25, 0.3) is 11.1 Å². The van der Waals surface area contributed by atoms with Crippen molar-refractivity contribution in [2.24, 2.45) is 5.92 Å². The van der Waals surface area contributed by atoms with E-state index in [-0.39, 0.29) is 17.1 Å². The van der Waals surface area contributed by atoms with Crippen molar-refractivity contribution >= 4 is 5.91 Å². The van der Waals surface area contributed by atoms with E-state index in [9.17, 15) is 9.90 Å². The molecule has 2 bridgehead atoms. The van der Waals surface area contributed by atoms with Gasteiger partial charge >= 0.3 is 0 Å². The summed E-state index contributed by atoms with van der Waals surface area (Å²) in [6.45, 7) is 1.52. The maximum Gasteiger partial charge on any atom is 0.255 e. The molecule has 5 nitrogen and oxygen atoms in total. The summed E-state index contributed by atoms with van der Waals surface area (Å²) >= 11 is 0. The van der Waals surface area contributed by atoms with Gasteiger partial charge in [-0.05, 0) is 86.1 Å². The number of rotatable bonds is 5. The fourth-order valence-corrected chi connectivity index (χ4v) is 7.02. The van der Waals surface area contributed by atoms with Gasteiger partial charge in [0.2, 0.25) is 0 Å². The van der Waals surface area contributed by atoms with Crippen molar-refractivity contribution in [1.82, 2.24) is 10.2 Å². The highest BCUT2D eigenvalue weighted by atomic mass is 16.3. The van der Waals surface area contributed by atoms with Gasteiger partial charge in [0.1, 0.15) is 5.75 Å². The Bertz CT molecular complexity index is 1430. The van der Waals surface area contributed by atoms with Crippen molar-refractivity contribution in [2.75, 3.05) is 20.1 Å². The van der Waals surface area contributed by atoms with E-state index in [1.54, 1.807) is 6.07 Å². The Morgan fingerprint density at radius 2 is 1.82 bits per heavy atom. The number of amides is 1. The molecular formula is C33H33N3O2. The Kier molecular flexibility index (Phi) is 6.29. The molecule has 6 rings (SSSR count). The number of hydrogen-bond donors (Lipinski definition) is 2. The number of phenolic OH excluding ortho intramolecular Hbond substituents is 1. The van der Waals surface area contributed by atoms with Gasteiger partial charge in [-0.1, -0.05) is 54.6 Å². The lowest BCUT2D eigenvalue weighted by Crippen LogP contribution is -2.58. The fourth-order valence-electron chi connectivity index (χ4n) is 7.02. The average Bonchev–Trinajstić information content (AvgIpc) is 2.95. The Balaban J connectivity index is 1.15. The zero-order chi connectivity index (χ0) is 26.3. The highest BCUT2D eigenvalue weighted by Gasteiger charge is 2.53. The van der Waals surface area contributed by atoms with E-state index < -0.39 is 0 Å². The molecule has 5 heteroatoms. The first-order valence-electron chi connectivity index (χ1n) is 13.6. The second kappa shape index (κ2) is 9.78. The zero-order valence-corrected chi connectivity index (χ0v) is 21.8. The number of fused-ring (bicyclic) bond motifs is 1. The van der Waals surface area contributed by atoms with E-state index in [0.29, 0.717) is 36.1 Å². The van der Waals surface area contributed by atoms with Crippen molar-refractivity contribution in [1.29, 1.82) is 5.26 Å². The van der Waals surface area contributed by atoms with Crippen LogP contribution in [0.15, 0.2) is 72.8 Å². The number of nitriles is 1. The molecule has 3 atom stereocenters. The van der Waals surface area contributed by atoms with Crippen molar-refractivity contribution in [3.05, 3.63) is 101 Å². The Morgan fingerprint density at radius 3 is 2.55 bits per heavy atom. The van der Waals surface area contributed by atoms with Crippen LogP contribution >= 0.6 is 0 Å². The number of likely N-dealkylation sites (tertiary alicyclic amines) is 1. The smallest absolute Gasteiger partial charge is 0.255 e. The lowest BCUT2D eigenvalue weighted by Gasteiger charge is -2.56. The molecule has 2 N–H and O–H groups in total. The zero-order valence-electron chi connectivity index (χ0n) is 21.8. The summed E-state index contributed by atoms with van der Waals surface area (Å²) in [5.74, 6) is 0.364. The number of nitrogens with zero attached hydrogens (tertiary/aromatic N) is 2. The minimum atomic E-state index is -0.214. The number of likely N-dealkylation sites (N-methyl/N-ethyl adjacent to an activating group) is 1. The van der Waals surface area contributed by atoms with Crippen LogP contribution in [0.1, 0.15) is 51.9 Å². The molecule has 0 radical (unpaired) electrons. The van der Waals surface area contributed by atoms with E-state index in [0.717, 1.165) is 54.5 Å². The minimum absolute atomic E-state index is 0.0729. The molecule has 3 aromatic carbocycles. The van der Waals surface area contributed by atoms with E-state index >= 15 is 0 Å². The maximum absolute atomic E-state index is 13.2. The quantitative estimate of drug-likeness (QED) is 0.459. The van der Waals surface area contributed by atoms with Gasteiger partial charge in [-0.3, -0.25) is 4.79 Å². The molecule has 1 fully saturated rings. The molecule has 2 aliphatic carbocycles. The Labute approximate surface area is 224 Å². The third kappa shape index (κ3) is 4.10. The van der Waals surface area contributed by atoms with Crippen molar-refractivity contribution in [3.8, 4) is 22.9 Å². The van der Waals surface area contributed by atoms with Crippen LogP contribution in [-0.2, 0) is 18.3 Å². The Morgan fingerprint density at radius 1 is 1.08 bits per heavy atom. The molecule has 1 saturated heterocycles. The van der Waals surface area contributed by atoms with Gasteiger partial charge in [0.25, 0.3) is 5.91 Å². The molecule has 38 heavy (non-hydrogen) atoms. The Hall–Kier alpha value is -3.88. The third-order valence-electron chi connectivity index (χ3n) is 9.07. The van der Waals surface area contributed by atoms with Crippen LogP contribution in [-0.4, -0.2) is 42.1 Å². The van der Waals surface area contributed by atoms with Crippen LogP contribution in [0.5, 0.6) is 5.75 Å². The van der Waals surface area contributed by atoms with Gasteiger partial charge in [-0.25, -0.2) is 0 Å². The molecule has 1 aliphatic heterocycles. The molecule has 1 amide bonds. The normalized spacial score (nSPS) is 23.7. The van der Waals surface area contributed by atoms with Gasteiger partial charge in [0.05, 0.1) is 17.2 Å². The predicted octanol–water partition coefficient (Wildman–Crippen LogP) is 5.37. The topological polar surface area (TPSA) is 76.4 Å². The number of piperidine rings is 1. The first-order chi connectivity index (χ1) is 18.5. The average molecular weight is 504 g/mol. The van der Waals surface area contributed by atoms with E-state index in [1.807, 2.05) is 24.3 Å². The standard InChI is InChI=1S/C33H33N3O2/c1-36-19-17-33-16-3-2-4-28(33)29(36)20-26-13-14-27(31(37)30(26)33)32(38)35-18-15-22-5-9-24(10-6-22)25-11-7-23(21-34)8-12-25/h2,4-14,28-29,37H,3,15-20H2,1H3,(H,35,38)/t28-,29+,33+/m0/s1. The summed E-state index contributed by atoms with van der Waals surface area (Å²) in [5.41, 5.74) is 6.48. The summed E-state index contributed by atoms with van der Waals surface area (Å²) in [5, 5.41) is 23.5. The molecule has 0 saturated carbocycles. The summed E-state index contributed by atoms with van der Waals surface area (Å²) < 4.78 is 0. The second-order valence-electron chi connectivity index (χ2n) is 11.0. The largest absolute Gasteiger partial charge is 0.507 e. The number of carbonyl (C=O) groups is 1. The highest BCUT2D eigenvalue weighted by molar-refractivity contribution is 5.97. The molecular weight excluding hydrogens is 470 g/mol. The van der Waals surface area contributed by atoms with Gasteiger partial charge < -0.3 is 15.3 Å². The number of aromatic hydroxyl groups is 1. The summed E-state index contributed by atoms with van der Waals surface area (Å²) in [4.78, 5) is 15.7. The lowest BCUT2D eigenvalue weighted by atomic mass is 9.54. The molecule has 0 unspecified atom stereocenters. The monoisotopic (exact) mass is 503 g/mol. The number of carbonyl (C=O) groups excluding carboxylic acids is 1. The molecule has 1 heterocycles. The predicted molar refractivity (Wildman–Crippen MR) is 149 cm³/mol. The van der Waals surface area contributed by atoms with Crippen LogP contribution < -0.4 is 5.32 Å². The van der Waals surface area contributed by atoms with Crippen molar-refractivity contribution in [2.45, 2.75) is 43.6 Å². The number of allylic oxidation sites excluding steroid dienone is 1. The van der Waals surface area contributed by atoms with Crippen LogP contribution in [0.3, 0.4) is 0 Å². The van der Waals surface area contributed by atoms with Gasteiger partial charge in [-0.2, -0.15) is 5.26 Å². The lowest BCUT2D eigenvalue weighted by molar-refractivity contribution is 0.0460. The van der Waals surface area contributed by atoms with E-state index in [2.05, 4.69) is 65.8 Å². The van der Waals surface area contributed by atoms with Crippen LogP contribution in [0, 0.1) is 17.2 Å². The van der Waals surface area contributed by atoms with Gasteiger partial charge in [0, 0.05) is 29.5 Å². The number of phenols is 1. The fraction of sp³-hybridized carbons (Fsp3) is 0.333. The summed E-state index contributed by atoms with van der Waals surface area (Å²) in [7, 11) is 2.21. The third-order valence-corrected chi connectivity index (χ3v) is 9.07. The molecule has 192 valence electrons. The van der Waals surface area contributed by atoms with Crippen molar-refractivity contribution in [3.63, 3.8) is 0 Å². The molecule has 3 aliphatic rings. The minimum Gasteiger partial charge on any atom is -0.507 e. The highest BCUT2D eigenvalue weighted by Crippen LogP contribution is 2.56. The first-order valence-corrected chi connectivity index (χ1v) is 13.6. The maximum atomic E-state index is 13.2. The SMILES string of the molecule is CN1CC[C@]23CCC=C[C@H]2[C@H]1Cc1ccc(C(=O)NCCc2ccc(-c4ccc(C#N)cc4)cc2)c(O)c13. The summed E-state index contributed by atoms with van der Waals surface area (Å²) in [6, 6.07) is 22.3. The summed E-state index contributed by atoms with van der Waals surface area (Å²) in [6.07, 6.45) is 9.34.